The van der Waals surface area contributed by atoms with Crippen LogP contribution in [0.2, 0.25) is 0 Å². The van der Waals surface area contributed by atoms with Gasteiger partial charge in [0.05, 0.1) is 18.6 Å². The highest BCUT2D eigenvalue weighted by molar-refractivity contribution is 7.91. The maximum atomic E-state index is 12.9. The van der Waals surface area contributed by atoms with Crippen molar-refractivity contribution in [1.29, 1.82) is 0 Å². The van der Waals surface area contributed by atoms with Crippen LogP contribution >= 0.6 is 0 Å². The third kappa shape index (κ3) is 5.35. The minimum atomic E-state index is -3.10. The van der Waals surface area contributed by atoms with Crippen LogP contribution in [0.3, 0.4) is 0 Å². The highest BCUT2D eigenvalue weighted by Gasteiger charge is 2.52. The summed E-state index contributed by atoms with van der Waals surface area (Å²) >= 11 is 0. The smallest absolute Gasteiger partial charge is 0.344 e. The summed E-state index contributed by atoms with van der Waals surface area (Å²) in [5.41, 5.74) is 2.53. The Hall–Kier alpha value is -2.66. The second kappa shape index (κ2) is 9.91. The quantitative estimate of drug-likeness (QED) is 0.525. The first kappa shape index (κ1) is 24.5. The van der Waals surface area contributed by atoms with E-state index in [9.17, 15) is 22.8 Å². The molecule has 1 aromatic carbocycles. The minimum Gasteiger partial charge on any atom is -0.497 e. The second-order valence-corrected chi connectivity index (χ2v) is 11.6. The molecule has 1 aromatic rings. The lowest BCUT2D eigenvalue weighted by Crippen LogP contribution is -2.51. The molecule has 2 heterocycles. The number of urea groups is 1. The van der Waals surface area contributed by atoms with Gasteiger partial charge in [0.1, 0.15) is 11.3 Å². The fourth-order valence-electron chi connectivity index (χ4n) is 5.06. The van der Waals surface area contributed by atoms with E-state index in [-0.39, 0.29) is 24.0 Å². The first-order chi connectivity index (χ1) is 16.2. The van der Waals surface area contributed by atoms with E-state index in [2.05, 4.69) is 10.7 Å². The molecule has 1 unspecified atom stereocenters. The van der Waals surface area contributed by atoms with E-state index < -0.39 is 33.2 Å². The fraction of sp³-hybridized carbons (Fsp3) is 0.609. The number of rotatable bonds is 8. The Morgan fingerprint density at radius 1 is 1.21 bits per heavy atom. The first-order valence-corrected chi connectivity index (χ1v) is 13.6. The lowest BCUT2D eigenvalue weighted by molar-refractivity contribution is -0.140. The molecule has 11 heteroatoms. The van der Waals surface area contributed by atoms with Gasteiger partial charge in [-0.25, -0.2) is 13.2 Å². The summed E-state index contributed by atoms with van der Waals surface area (Å²) in [7, 11) is -1.51. The molecule has 2 aliphatic heterocycles. The average Bonchev–Trinajstić information content (AvgIpc) is 3.29. The van der Waals surface area contributed by atoms with Crippen LogP contribution in [0.25, 0.3) is 0 Å². The van der Waals surface area contributed by atoms with E-state index >= 15 is 0 Å². The van der Waals surface area contributed by atoms with Crippen LogP contribution in [-0.2, 0) is 26.0 Å². The molecule has 10 nitrogen and oxygen atoms in total. The number of hydrogen-bond donors (Lipinski definition) is 2. The van der Waals surface area contributed by atoms with Crippen LogP contribution in [0, 0.1) is 0 Å². The predicted octanol–water partition coefficient (Wildman–Crippen LogP) is 1.36. The van der Waals surface area contributed by atoms with Crippen molar-refractivity contribution in [1.82, 2.24) is 20.7 Å². The summed E-state index contributed by atoms with van der Waals surface area (Å²) in [6, 6.07) is 6.70. The predicted molar refractivity (Wildman–Crippen MR) is 124 cm³/mol. The Morgan fingerprint density at radius 2 is 1.91 bits per heavy atom. The third-order valence-electron chi connectivity index (χ3n) is 7.00. The molecule has 34 heavy (non-hydrogen) atoms. The molecule has 1 aliphatic carbocycles. The zero-order valence-corrected chi connectivity index (χ0v) is 20.2. The maximum Gasteiger partial charge on any atom is 0.344 e. The van der Waals surface area contributed by atoms with Gasteiger partial charge in [-0.15, -0.1) is 0 Å². The summed E-state index contributed by atoms with van der Waals surface area (Å²) in [5, 5.41) is 3.58. The van der Waals surface area contributed by atoms with Crippen LogP contribution in [0.1, 0.15) is 50.5 Å². The van der Waals surface area contributed by atoms with Gasteiger partial charge in [0.2, 0.25) is 5.91 Å². The number of hydrogen-bond acceptors (Lipinski definition) is 7. The van der Waals surface area contributed by atoms with Crippen LogP contribution in [0.4, 0.5) is 4.79 Å². The number of nitrogens with zero attached hydrogens (tertiary/aromatic N) is 2. The molecule has 3 aliphatic rings. The van der Waals surface area contributed by atoms with Gasteiger partial charge in [-0.1, -0.05) is 31.4 Å². The number of carbonyl (C=O) groups is 3. The van der Waals surface area contributed by atoms with Gasteiger partial charge in [0, 0.05) is 25.6 Å². The van der Waals surface area contributed by atoms with E-state index in [1.54, 1.807) is 7.11 Å². The molecule has 0 bridgehead atoms. The topological polar surface area (TPSA) is 125 Å². The molecule has 4 rings (SSSR count). The molecule has 1 atom stereocenters. The maximum absolute atomic E-state index is 12.9. The SMILES string of the molecule is COc1ccc(CN(CCC(=O)NN2C(=O)NC3(CCCCC3)C2=O)C2CCS(=O)(=O)C2)cc1. The normalized spacial score (nSPS) is 23.4. The van der Waals surface area contributed by atoms with E-state index in [0.717, 1.165) is 35.6 Å². The van der Waals surface area contributed by atoms with E-state index in [1.165, 1.54) is 0 Å². The van der Waals surface area contributed by atoms with Crippen molar-refractivity contribution in [2.24, 2.45) is 0 Å². The number of nitrogens with one attached hydrogen (secondary N) is 2. The number of carbonyl (C=O) groups excluding carboxylic acids is 3. The van der Waals surface area contributed by atoms with Crippen molar-refractivity contribution in [3.63, 3.8) is 0 Å². The molecule has 0 radical (unpaired) electrons. The molecule has 2 N–H and O–H groups in total. The standard InChI is InChI=1S/C23H32N4O6S/c1-33-19-7-5-17(6-8-19)15-26(18-10-14-34(31,32)16-18)13-9-20(28)25-27-21(29)23(24-22(27)30)11-3-2-4-12-23/h5-8,18H,2-4,9-16H2,1H3,(H,24,30)(H,25,28). The molecule has 186 valence electrons. The van der Waals surface area contributed by atoms with Crippen LogP contribution < -0.4 is 15.5 Å². The second-order valence-electron chi connectivity index (χ2n) is 9.37. The lowest BCUT2D eigenvalue weighted by Gasteiger charge is -2.30. The molecule has 4 amide bonds. The van der Waals surface area contributed by atoms with Crippen molar-refractivity contribution in [3.05, 3.63) is 29.8 Å². The number of amides is 4. The van der Waals surface area contributed by atoms with Gasteiger partial charge in [-0.2, -0.15) is 5.01 Å². The largest absolute Gasteiger partial charge is 0.497 e. The van der Waals surface area contributed by atoms with Gasteiger partial charge in [-0.3, -0.25) is 19.9 Å². The van der Waals surface area contributed by atoms with Gasteiger partial charge < -0.3 is 10.1 Å². The fourth-order valence-corrected chi connectivity index (χ4v) is 6.82. The Balaban J connectivity index is 1.38. The zero-order chi connectivity index (χ0) is 24.3. The van der Waals surface area contributed by atoms with Crippen molar-refractivity contribution in [2.75, 3.05) is 25.2 Å². The Morgan fingerprint density at radius 3 is 2.53 bits per heavy atom. The van der Waals surface area contributed by atoms with Crippen LogP contribution in [0.15, 0.2) is 24.3 Å². The Labute approximate surface area is 199 Å². The van der Waals surface area contributed by atoms with Crippen molar-refractivity contribution < 1.29 is 27.5 Å². The zero-order valence-electron chi connectivity index (χ0n) is 19.4. The van der Waals surface area contributed by atoms with Crippen LogP contribution in [-0.4, -0.2) is 72.9 Å². The van der Waals surface area contributed by atoms with Crippen molar-refractivity contribution in [2.45, 2.75) is 63.1 Å². The van der Waals surface area contributed by atoms with Crippen molar-refractivity contribution >= 4 is 27.7 Å². The van der Waals surface area contributed by atoms with Gasteiger partial charge >= 0.3 is 6.03 Å². The van der Waals surface area contributed by atoms with Gasteiger partial charge in [-0.05, 0) is 37.0 Å². The van der Waals surface area contributed by atoms with E-state index in [4.69, 9.17) is 4.74 Å². The van der Waals surface area contributed by atoms with E-state index in [0.29, 0.717) is 32.4 Å². The number of sulfone groups is 1. The van der Waals surface area contributed by atoms with Crippen molar-refractivity contribution in [3.8, 4) is 5.75 Å². The monoisotopic (exact) mass is 492 g/mol. The summed E-state index contributed by atoms with van der Waals surface area (Å²) in [6.07, 6.45) is 4.44. The number of methoxy groups -OCH3 is 1. The summed E-state index contributed by atoms with van der Waals surface area (Å²) < 4.78 is 29.3. The average molecular weight is 493 g/mol. The third-order valence-corrected chi connectivity index (χ3v) is 8.75. The number of imide groups is 1. The molecule has 0 aromatic heterocycles. The highest BCUT2D eigenvalue weighted by Crippen LogP contribution is 2.33. The summed E-state index contributed by atoms with van der Waals surface area (Å²) in [4.78, 5) is 40.0. The molecule has 1 saturated carbocycles. The number of ether oxygens (including phenoxy) is 1. The van der Waals surface area contributed by atoms with Gasteiger partial charge in [0.15, 0.2) is 9.84 Å². The molecular weight excluding hydrogens is 460 g/mol. The summed E-state index contributed by atoms with van der Waals surface area (Å²) in [6.45, 7) is 0.774. The molecular formula is C23H32N4O6S. The first-order valence-electron chi connectivity index (χ1n) is 11.7. The number of hydrazine groups is 1. The van der Waals surface area contributed by atoms with E-state index in [1.807, 2.05) is 29.2 Å². The Kier molecular flexibility index (Phi) is 7.13. The molecule has 2 saturated heterocycles. The van der Waals surface area contributed by atoms with Gasteiger partial charge in [0.25, 0.3) is 5.91 Å². The minimum absolute atomic E-state index is 0.0246. The van der Waals surface area contributed by atoms with Crippen LogP contribution in [0.5, 0.6) is 5.75 Å². The molecule has 3 fully saturated rings. The highest BCUT2D eigenvalue weighted by atomic mass is 32.2. The number of benzene rings is 1. The Bertz CT molecular complexity index is 1040. The summed E-state index contributed by atoms with van der Waals surface area (Å²) in [5.74, 6) is 0.0512. The molecule has 1 spiro atoms. The lowest BCUT2D eigenvalue weighted by atomic mass is 9.82.